The summed E-state index contributed by atoms with van der Waals surface area (Å²) in [5.74, 6) is -0.711. The maximum atomic E-state index is 13.3. The largest absolute Gasteiger partial charge is 0.490 e. The Kier molecular flexibility index (Phi) is 6.97. The summed E-state index contributed by atoms with van der Waals surface area (Å²) in [6.45, 7) is 0.208. The van der Waals surface area contributed by atoms with E-state index in [0.29, 0.717) is 35.5 Å². The summed E-state index contributed by atoms with van der Waals surface area (Å²) in [5, 5.41) is 5.20. The van der Waals surface area contributed by atoms with E-state index in [1.54, 1.807) is 36.2 Å². The lowest BCUT2D eigenvalue weighted by molar-refractivity contribution is -0.151. The third-order valence-corrected chi connectivity index (χ3v) is 5.97. The first-order valence-corrected chi connectivity index (χ1v) is 10.9. The topological polar surface area (TPSA) is 106 Å². The van der Waals surface area contributed by atoms with Gasteiger partial charge < -0.3 is 29.7 Å². The van der Waals surface area contributed by atoms with Crippen LogP contribution >= 0.6 is 0 Å². The van der Waals surface area contributed by atoms with Crippen molar-refractivity contribution in [2.45, 2.75) is 37.5 Å². The van der Waals surface area contributed by atoms with Crippen molar-refractivity contribution in [2.24, 2.45) is 0 Å². The van der Waals surface area contributed by atoms with Crippen LogP contribution in [0.5, 0.6) is 5.75 Å². The fourth-order valence-electron chi connectivity index (χ4n) is 4.23. The molecule has 2 aromatic carbocycles. The van der Waals surface area contributed by atoms with Gasteiger partial charge in [0.25, 0.3) is 5.91 Å². The molecule has 2 aromatic rings. The first-order valence-electron chi connectivity index (χ1n) is 10.9. The van der Waals surface area contributed by atoms with Crippen molar-refractivity contribution in [1.29, 1.82) is 0 Å². The molecule has 34 heavy (non-hydrogen) atoms. The summed E-state index contributed by atoms with van der Waals surface area (Å²) in [5.41, 5.74) is 0.992. The van der Waals surface area contributed by atoms with E-state index < -0.39 is 11.8 Å². The summed E-state index contributed by atoms with van der Waals surface area (Å²) in [6.07, 6.45) is 0.744. The Bertz CT molecular complexity index is 1090. The number of fused-ring (bicyclic) bond motifs is 2. The average molecular weight is 471 g/mol. The molecule has 2 N–H and O–H groups in total. The molecule has 0 aromatic heterocycles. The Morgan fingerprint density at radius 1 is 1.15 bits per heavy atom. The van der Waals surface area contributed by atoms with E-state index in [-0.39, 0.29) is 43.2 Å². The quantitative estimate of drug-likeness (QED) is 0.662. The number of likely N-dealkylation sites (N-methyl/N-ethyl adjacent to an activating group) is 1. The fourth-order valence-corrected chi connectivity index (χ4v) is 4.23. The van der Waals surface area contributed by atoms with E-state index in [1.165, 1.54) is 25.3 Å². The Labute approximate surface area is 196 Å². The van der Waals surface area contributed by atoms with Crippen molar-refractivity contribution in [1.82, 2.24) is 4.90 Å². The van der Waals surface area contributed by atoms with E-state index in [0.717, 1.165) is 0 Å². The maximum Gasteiger partial charge on any atom is 0.323 e. The molecule has 1 saturated heterocycles. The molecule has 0 bridgehead atoms. The molecule has 9 nitrogen and oxygen atoms in total. The van der Waals surface area contributed by atoms with Crippen molar-refractivity contribution in [3.63, 3.8) is 0 Å². The van der Waals surface area contributed by atoms with Crippen molar-refractivity contribution in [3.05, 3.63) is 53.8 Å². The molecule has 0 aliphatic carbocycles. The third-order valence-electron chi connectivity index (χ3n) is 5.97. The second-order valence-electron chi connectivity index (χ2n) is 8.25. The Morgan fingerprint density at radius 3 is 2.65 bits per heavy atom. The van der Waals surface area contributed by atoms with E-state index in [2.05, 4.69) is 10.6 Å². The van der Waals surface area contributed by atoms with Gasteiger partial charge in [0.05, 0.1) is 31.2 Å². The zero-order valence-electron chi connectivity index (χ0n) is 18.9. The SMILES string of the molecule is COC(=O)C[C@H]1CC[C@@H]2[C@@H](COc3ccc(NC(=O)Nc4cccc(F)c4)cc3C(=O)N2C)O1. The minimum absolute atomic E-state index is 0.153. The lowest BCUT2D eigenvalue weighted by atomic mass is 9.94. The number of carbonyl (C=O) groups is 3. The molecule has 180 valence electrons. The van der Waals surface area contributed by atoms with Crippen LogP contribution in [0.15, 0.2) is 42.5 Å². The second kappa shape index (κ2) is 10.1. The summed E-state index contributed by atoms with van der Waals surface area (Å²) in [4.78, 5) is 38.8. The molecule has 0 spiro atoms. The molecule has 1 fully saturated rings. The van der Waals surface area contributed by atoms with Crippen molar-refractivity contribution in [3.8, 4) is 5.75 Å². The van der Waals surface area contributed by atoms with Crippen LogP contribution in [-0.4, -0.2) is 61.8 Å². The lowest BCUT2D eigenvalue weighted by Crippen LogP contribution is -2.53. The molecule has 3 atom stereocenters. The molecular formula is C24H26FN3O6. The number of nitrogens with one attached hydrogen (secondary N) is 2. The molecule has 4 rings (SSSR count). The van der Waals surface area contributed by atoms with Crippen molar-refractivity contribution < 1.29 is 33.0 Å². The molecule has 3 amide bonds. The monoisotopic (exact) mass is 471 g/mol. The summed E-state index contributed by atoms with van der Waals surface area (Å²) in [7, 11) is 3.04. The van der Waals surface area contributed by atoms with Gasteiger partial charge in [-0.1, -0.05) is 6.07 Å². The van der Waals surface area contributed by atoms with Crippen LogP contribution in [0, 0.1) is 5.82 Å². The maximum absolute atomic E-state index is 13.3. The van der Waals surface area contributed by atoms with Gasteiger partial charge in [-0.05, 0) is 49.2 Å². The fraction of sp³-hybridized carbons (Fsp3) is 0.375. The van der Waals surface area contributed by atoms with Crippen LogP contribution in [-0.2, 0) is 14.3 Å². The van der Waals surface area contributed by atoms with E-state index >= 15 is 0 Å². The van der Waals surface area contributed by atoms with Gasteiger partial charge in [-0.15, -0.1) is 0 Å². The predicted molar refractivity (Wildman–Crippen MR) is 121 cm³/mol. The van der Waals surface area contributed by atoms with Gasteiger partial charge in [-0.2, -0.15) is 0 Å². The van der Waals surface area contributed by atoms with Gasteiger partial charge in [0, 0.05) is 18.4 Å². The minimum atomic E-state index is -0.574. The van der Waals surface area contributed by atoms with Gasteiger partial charge in [-0.25, -0.2) is 9.18 Å². The molecule has 2 aliphatic heterocycles. The first-order chi connectivity index (χ1) is 16.3. The van der Waals surface area contributed by atoms with Crippen LogP contribution in [0.25, 0.3) is 0 Å². The minimum Gasteiger partial charge on any atom is -0.490 e. The number of nitrogens with zero attached hydrogens (tertiary/aromatic N) is 1. The van der Waals surface area contributed by atoms with Crippen molar-refractivity contribution >= 4 is 29.3 Å². The average Bonchev–Trinajstić information content (AvgIpc) is 2.81. The number of urea groups is 1. The highest BCUT2D eigenvalue weighted by molar-refractivity contribution is 6.02. The van der Waals surface area contributed by atoms with Crippen LogP contribution in [0.2, 0.25) is 0 Å². The second-order valence-corrected chi connectivity index (χ2v) is 8.25. The summed E-state index contributed by atoms with van der Waals surface area (Å²) >= 11 is 0. The highest BCUT2D eigenvalue weighted by Gasteiger charge is 2.39. The van der Waals surface area contributed by atoms with E-state index in [9.17, 15) is 18.8 Å². The number of carbonyl (C=O) groups excluding carboxylic acids is 3. The number of esters is 1. The number of hydrogen-bond acceptors (Lipinski definition) is 6. The van der Waals surface area contributed by atoms with Crippen LogP contribution < -0.4 is 15.4 Å². The standard InChI is InChI=1S/C24H26FN3O6/c1-28-19-8-7-17(12-22(29)32-2)34-21(19)13-33-20-9-6-16(11-18(20)23(28)30)27-24(31)26-15-5-3-4-14(25)10-15/h3-6,9-11,17,19,21H,7-8,12-13H2,1-2H3,(H2,26,27,31)/t17-,19-,21-/m1/s1. The molecule has 0 radical (unpaired) electrons. The van der Waals surface area contributed by atoms with Crippen LogP contribution in [0.1, 0.15) is 29.6 Å². The molecule has 0 unspecified atom stereocenters. The molecule has 0 saturated carbocycles. The molecular weight excluding hydrogens is 445 g/mol. The van der Waals surface area contributed by atoms with E-state index in [4.69, 9.17) is 14.2 Å². The van der Waals surface area contributed by atoms with Gasteiger partial charge in [-0.3, -0.25) is 9.59 Å². The number of hydrogen-bond donors (Lipinski definition) is 2. The zero-order chi connectivity index (χ0) is 24.2. The number of benzene rings is 2. The number of anilines is 2. The number of methoxy groups -OCH3 is 1. The molecule has 2 aliphatic rings. The predicted octanol–water partition coefficient (Wildman–Crippen LogP) is 3.41. The Morgan fingerprint density at radius 2 is 1.91 bits per heavy atom. The smallest absolute Gasteiger partial charge is 0.323 e. The van der Waals surface area contributed by atoms with Gasteiger partial charge in [0.2, 0.25) is 0 Å². The summed E-state index contributed by atoms with van der Waals surface area (Å²) < 4.78 is 30.0. The third kappa shape index (κ3) is 5.28. The molecule has 10 heteroatoms. The van der Waals surface area contributed by atoms with Crippen LogP contribution in [0.3, 0.4) is 0 Å². The van der Waals surface area contributed by atoms with Gasteiger partial charge in [0.1, 0.15) is 24.3 Å². The normalized spacial score (nSPS) is 21.8. The summed E-state index contributed by atoms with van der Waals surface area (Å²) in [6, 6.07) is 9.50. The van der Waals surface area contributed by atoms with Gasteiger partial charge >= 0.3 is 12.0 Å². The van der Waals surface area contributed by atoms with Crippen LogP contribution in [0.4, 0.5) is 20.6 Å². The molecule has 2 heterocycles. The number of halogens is 1. The number of rotatable bonds is 4. The van der Waals surface area contributed by atoms with E-state index in [1.807, 2.05) is 0 Å². The zero-order valence-corrected chi connectivity index (χ0v) is 18.9. The van der Waals surface area contributed by atoms with Crippen molar-refractivity contribution in [2.75, 3.05) is 31.4 Å². The Hall–Kier alpha value is -3.66. The highest BCUT2D eigenvalue weighted by Crippen LogP contribution is 2.32. The number of ether oxygens (including phenoxy) is 3. The highest BCUT2D eigenvalue weighted by atomic mass is 19.1. The first kappa shape index (κ1) is 23.5. The Balaban J connectivity index is 1.47. The lowest BCUT2D eigenvalue weighted by Gasteiger charge is -2.42. The van der Waals surface area contributed by atoms with Gasteiger partial charge in [0.15, 0.2) is 0 Å². The number of amides is 3.